The summed E-state index contributed by atoms with van der Waals surface area (Å²) in [6.45, 7) is 2.06. The van der Waals surface area contributed by atoms with Gasteiger partial charge in [0.25, 0.3) is 0 Å². The maximum absolute atomic E-state index is 14.8. The minimum atomic E-state index is -0.440. The zero-order valence-corrected chi connectivity index (χ0v) is 19.5. The first kappa shape index (κ1) is 22.1. The van der Waals surface area contributed by atoms with E-state index in [0.29, 0.717) is 24.7 Å². The molecule has 0 aliphatic heterocycles. The summed E-state index contributed by atoms with van der Waals surface area (Å²) in [5, 5.41) is 15.1. The Balaban J connectivity index is 1.47. The number of rotatable bonds is 9. The fraction of sp³-hybridized carbons (Fsp3) is 0.200. The zero-order chi connectivity index (χ0) is 23.3. The van der Waals surface area contributed by atoms with Crippen molar-refractivity contribution in [2.75, 3.05) is 25.5 Å². The van der Waals surface area contributed by atoms with Crippen LogP contribution in [0.15, 0.2) is 67.1 Å². The van der Waals surface area contributed by atoms with Crippen molar-refractivity contribution in [3.8, 4) is 21.7 Å². The van der Waals surface area contributed by atoms with Gasteiger partial charge in [-0.1, -0.05) is 47.7 Å². The molecule has 5 rings (SSSR count). The van der Waals surface area contributed by atoms with Gasteiger partial charge in [-0.05, 0) is 48.2 Å². The Morgan fingerprint density at radius 3 is 2.79 bits per heavy atom. The van der Waals surface area contributed by atoms with E-state index in [0.717, 1.165) is 33.5 Å². The van der Waals surface area contributed by atoms with Gasteiger partial charge in [-0.3, -0.25) is 4.68 Å². The molecule has 0 amide bonds. The van der Waals surface area contributed by atoms with E-state index in [9.17, 15) is 4.39 Å². The summed E-state index contributed by atoms with van der Waals surface area (Å²) in [4.78, 5) is 9.35. The van der Waals surface area contributed by atoms with E-state index >= 15 is 0 Å². The van der Waals surface area contributed by atoms with E-state index in [2.05, 4.69) is 73.4 Å². The van der Waals surface area contributed by atoms with Crippen molar-refractivity contribution in [3.05, 3.63) is 78.5 Å². The first-order valence-electron chi connectivity index (χ1n) is 11.1. The van der Waals surface area contributed by atoms with Gasteiger partial charge in [0.05, 0.1) is 23.8 Å². The van der Waals surface area contributed by atoms with Crippen LogP contribution in [0.1, 0.15) is 5.56 Å². The number of benzene rings is 2. The fourth-order valence-corrected chi connectivity index (χ4v) is 5.09. The number of hydrogen-bond donors (Lipinski definition) is 2. The lowest BCUT2D eigenvalue weighted by Crippen LogP contribution is -2.13. The standard InChI is InChI=1S/C25H24FN7S/c1-27-10-9-17-5-2-3-7-19(17)20-8-4-6-18-15-22(34-24(18)20)23-21(26)16-29-25(31-23)28-11-13-33-14-12-30-32-33/h2-8,12,14-16,27H,9-11,13H2,1H3,(H,28,29,31). The third-order valence-electron chi connectivity index (χ3n) is 5.57. The summed E-state index contributed by atoms with van der Waals surface area (Å²) in [6, 6.07) is 16.7. The topological polar surface area (TPSA) is 80.5 Å². The Morgan fingerprint density at radius 1 is 1.06 bits per heavy atom. The Kier molecular flexibility index (Phi) is 6.55. The molecule has 0 bridgehead atoms. The van der Waals surface area contributed by atoms with Crippen LogP contribution < -0.4 is 10.6 Å². The molecular formula is C25H24FN7S. The Morgan fingerprint density at radius 2 is 1.94 bits per heavy atom. The normalized spacial score (nSPS) is 11.2. The summed E-state index contributed by atoms with van der Waals surface area (Å²) in [6.07, 6.45) is 5.57. The SMILES string of the molecule is CNCCc1ccccc1-c1cccc2cc(-c3nc(NCCn4ccnn4)ncc3F)sc12. The number of anilines is 1. The van der Waals surface area contributed by atoms with E-state index in [1.165, 1.54) is 17.3 Å². The molecule has 0 saturated carbocycles. The highest BCUT2D eigenvalue weighted by Crippen LogP contribution is 2.40. The number of thiophene rings is 1. The molecule has 172 valence electrons. The Hall–Kier alpha value is -3.69. The van der Waals surface area contributed by atoms with Gasteiger partial charge in [-0.2, -0.15) is 0 Å². The number of aromatic nitrogens is 5. The summed E-state index contributed by atoms with van der Waals surface area (Å²) in [5.74, 6) is -0.0593. The minimum absolute atomic E-state index is 0.300. The Labute approximate surface area is 200 Å². The highest BCUT2D eigenvalue weighted by molar-refractivity contribution is 7.22. The monoisotopic (exact) mass is 473 g/mol. The molecule has 0 fully saturated rings. The highest BCUT2D eigenvalue weighted by atomic mass is 32.1. The molecule has 0 aliphatic rings. The van der Waals surface area contributed by atoms with Crippen LogP contribution in [0.2, 0.25) is 0 Å². The molecule has 3 heterocycles. The van der Waals surface area contributed by atoms with Crippen LogP contribution in [0.4, 0.5) is 10.3 Å². The second kappa shape index (κ2) is 10.1. The summed E-state index contributed by atoms with van der Waals surface area (Å²) in [5.41, 5.74) is 3.94. The molecule has 0 atom stereocenters. The second-order valence-electron chi connectivity index (χ2n) is 7.83. The number of hydrogen-bond acceptors (Lipinski definition) is 7. The predicted octanol–water partition coefficient (Wildman–Crippen LogP) is 4.63. The van der Waals surface area contributed by atoms with Crippen LogP contribution in [-0.2, 0) is 13.0 Å². The first-order chi connectivity index (χ1) is 16.7. The predicted molar refractivity (Wildman–Crippen MR) is 134 cm³/mol. The molecule has 3 aromatic heterocycles. The number of halogens is 1. The van der Waals surface area contributed by atoms with Gasteiger partial charge < -0.3 is 10.6 Å². The van der Waals surface area contributed by atoms with E-state index < -0.39 is 5.82 Å². The summed E-state index contributed by atoms with van der Waals surface area (Å²) < 4.78 is 17.6. The van der Waals surface area contributed by atoms with Crippen LogP contribution >= 0.6 is 11.3 Å². The third-order valence-corrected chi connectivity index (χ3v) is 6.76. The van der Waals surface area contributed by atoms with E-state index in [-0.39, 0.29) is 0 Å². The van der Waals surface area contributed by atoms with Crippen molar-refractivity contribution in [3.63, 3.8) is 0 Å². The molecule has 0 saturated heterocycles. The molecule has 0 aliphatic carbocycles. The summed E-state index contributed by atoms with van der Waals surface area (Å²) >= 11 is 1.55. The lowest BCUT2D eigenvalue weighted by molar-refractivity contribution is 0.604. The van der Waals surface area contributed by atoms with Crippen molar-refractivity contribution in [2.24, 2.45) is 0 Å². The Bertz CT molecular complexity index is 1400. The molecule has 7 nitrogen and oxygen atoms in total. The largest absolute Gasteiger partial charge is 0.352 e. The van der Waals surface area contributed by atoms with Gasteiger partial charge in [0, 0.05) is 17.4 Å². The molecule has 0 unspecified atom stereocenters. The number of fused-ring (bicyclic) bond motifs is 1. The lowest BCUT2D eigenvalue weighted by Gasteiger charge is -2.10. The lowest BCUT2D eigenvalue weighted by atomic mass is 9.97. The first-order valence-corrected chi connectivity index (χ1v) is 11.9. The van der Waals surface area contributed by atoms with Crippen molar-refractivity contribution in [1.82, 2.24) is 30.3 Å². The maximum atomic E-state index is 14.8. The second-order valence-corrected chi connectivity index (χ2v) is 8.88. The van der Waals surface area contributed by atoms with Gasteiger partial charge in [0.1, 0.15) is 5.69 Å². The van der Waals surface area contributed by atoms with Gasteiger partial charge in [0.15, 0.2) is 5.82 Å². The van der Waals surface area contributed by atoms with E-state index in [4.69, 9.17) is 0 Å². The smallest absolute Gasteiger partial charge is 0.223 e. The van der Waals surface area contributed by atoms with E-state index in [1.807, 2.05) is 13.1 Å². The van der Waals surface area contributed by atoms with Crippen LogP contribution in [-0.4, -0.2) is 45.1 Å². The van der Waals surface area contributed by atoms with E-state index in [1.54, 1.807) is 28.4 Å². The van der Waals surface area contributed by atoms with Crippen molar-refractivity contribution in [1.29, 1.82) is 0 Å². The third kappa shape index (κ3) is 4.66. The van der Waals surface area contributed by atoms with Gasteiger partial charge in [-0.25, -0.2) is 14.4 Å². The molecule has 34 heavy (non-hydrogen) atoms. The van der Waals surface area contributed by atoms with Crippen LogP contribution in [0.3, 0.4) is 0 Å². The highest BCUT2D eigenvalue weighted by Gasteiger charge is 2.16. The van der Waals surface area contributed by atoms with Gasteiger partial charge in [0.2, 0.25) is 5.95 Å². The average Bonchev–Trinajstić information content (AvgIpc) is 3.54. The number of nitrogens with one attached hydrogen (secondary N) is 2. The van der Waals surface area contributed by atoms with Crippen LogP contribution in [0, 0.1) is 5.82 Å². The minimum Gasteiger partial charge on any atom is -0.352 e. The number of likely N-dealkylation sites (N-methyl/N-ethyl adjacent to an activating group) is 1. The van der Waals surface area contributed by atoms with Crippen molar-refractivity contribution < 1.29 is 4.39 Å². The van der Waals surface area contributed by atoms with Crippen molar-refractivity contribution in [2.45, 2.75) is 13.0 Å². The molecule has 2 aromatic carbocycles. The molecule has 9 heteroatoms. The number of nitrogens with zero attached hydrogens (tertiary/aromatic N) is 5. The summed E-state index contributed by atoms with van der Waals surface area (Å²) in [7, 11) is 1.96. The molecular weight excluding hydrogens is 449 g/mol. The maximum Gasteiger partial charge on any atom is 0.223 e. The van der Waals surface area contributed by atoms with Crippen LogP contribution in [0.25, 0.3) is 31.8 Å². The quantitative estimate of drug-likeness (QED) is 0.325. The van der Waals surface area contributed by atoms with Gasteiger partial charge in [-0.15, -0.1) is 16.4 Å². The zero-order valence-electron chi connectivity index (χ0n) is 18.7. The van der Waals surface area contributed by atoms with Gasteiger partial charge >= 0.3 is 0 Å². The fourth-order valence-electron chi connectivity index (χ4n) is 3.91. The van der Waals surface area contributed by atoms with Crippen LogP contribution in [0.5, 0.6) is 0 Å². The molecule has 0 spiro atoms. The average molecular weight is 474 g/mol. The molecule has 2 N–H and O–H groups in total. The molecule has 0 radical (unpaired) electrons. The van der Waals surface area contributed by atoms with Crippen molar-refractivity contribution >= 4 is 27.4 Å². The molecule has 5 aromatic rings.